The summed E-state index contributed by atoms with van der Waals surface area (Å²) in [4.78, 5) is 0. The van der Waals surface area contributed by atoms with E-state index in [1.807, 2.05) is 6.92 Å². The van der Waals surface area contributed by atoms with E-state index in [4.69, 9.17) is 16.0 Å². The number of nitrogens with one attached hydrogen (secondary N) is 1. The lowest BCUT2D eigenvalue weighted by Crippen LogP contribution is -2.23. The molecule has 0 aliphatic carbocycles. The molecule has 1 heterocycles. The van der Waals surface area contributed by atoms with E-state index in [2.05, 4.69) is 5.32 Å². The summed E-state index contributed by atoms with van der Waals surface area (Å²) in [6.45, 7) is 2.72. The fourth-order valence-electron chi connectivity index (χ4n) is 1.87. The lowest BCUT2D eigenvalue weighted by atomic mass is 10.0. The average molecular weight is 286 g/mol. The van der Waals surface area contributed by atoms with Gasteiger partial charge in [-0.05, 0) is 42.8 Å². The van der Waals surface area contributed by atoms with Crippen LogP contribution in [0.25, 0.3) is 0 Å². The van der Waals surface area contributed by atoms with Crippen LogP contribution in [0, 0.1) is 11.6 Å². The third kappa shape index (κ3) is 3.14. The van der Waals surface area contributed by atoms with Crippen LogP contribution in [0.3, 0.4) is 0 Å². The van der Waals surface area contributed by atoms with E-state index in [0.29, 0.717) is 17.9 Å². The first-order chi connectivity index (χ1) is 9.13. The fourth-order valence-corrected chi connectivity index (χ4v) is 2.13. The van der Waals surface area contributed by atoms with Gasteiger partial charge in [-0.1, -0.05) is 18.5 Å². The maximum Gasteiger partial charge on any atom is 0.160 e. The molecule has 2 rings (SSSR count). The Labute approximate surface area is 115 Å². The second kappa shape index (κ2) is 6.17. The van der Waals surface area contributed by atoms with Crippen LogP contribution in [0.4, 0.5) is 8.78 Å². The molecule has 0 saturated carbocycles. The molecule has 0 fully saturated rings. The number of halogens is 3. The highest BCUT2D eigenvalue weighted by Gasteiger charge is 2.21. The van der Waals surface area contributed by atoms with Gasteiger partial charge in [-0.15, -0.1) is 0 Å². The molecule has 0 bridgehead atoms. The summed E-state index contributed by atoms with van der Waals surface area (Å²) in [7, 11) is 0. The number of rotatable bonds is 5. The molecule has 5 heteroatoms. The first-order valence-corrected chi connectivity index (χ1v) is 6.42. The Morgan fingerprint density at radius 3 is 2.68 bits per heavy atom. The van der Waals surface area contributed by atoms with Crippen LogP contribution in [0.15, 0.2) is 34.9 Å². The minimum absolute atomic E-state index is 0.170. The van der Waals surface area contributed by atoms with Gasteiger partial charge in [0.05, 0.1) is 12.3 Å². The van der Waals surface area contributed by atoms with Crippen LogP contribution in [-0.2, 0) is 0 Å². The van der Waals surface area contributed by atoms with Crippen LogP contribution in [0.5, 0.6) is 0 Å². The highest BCUT2D eigenvalue weighted by atomic mass is 35.5. The first kappa shape index (κ1) is 14.0. The monoisotopic (exact) mass is 285 g/mol. The van der Waals surface area contributed by atoms with Crippen molar-refractivity contribution in [2.45, 2.75) is 19.4 Å². The van der Waals surface area contributed by atoms with Crippen molar-refractivity contribution in [3.8, 4) is 0 Å². The standard InChI is InChI=1S/C14H14ClF2NO/c1-2-5-18-14(13-4-3-6-19-13)9-7-11(16)12(17)8-10(9)15/h3-4,6-8,14,18H,2,5H2,1H3. The summed E-state index contributed by atoms with van der Waals surface area (Å²) >= 11 is 6.00. The highest BCUT2D eigenvalue weighted by molar-refractivity contribution is 6.31. The highest BCUT2D eigenvalue weighted by Crippen LogP contribution is 2.30. The zero-order valence-corrected chi connectivity index (χ0v) is 11.2. The normalized spacial score (nSPS) is 12.6. The van der Waals surface area contributed by atoms with E-state index in [1.54, 1.807) is 12.1 Å². The summed E-state index contributed by atoms with van der Waals surface area (Å²) in [6, 6.07) is 5.20. The number of hydrogen-bond donors (Lipinski definition) is 1. The smallest absolute Gasteiger partial charge is 0.160 e. The van der Waals surface area contributed by atoms with Crippen molar-refractivity contribution in [1.82, 2.24) is 5.32 Å². The van der Waals surface area contributed by atoms with Gasteiger partial charge in [0.1, 0.15) is 5.76 Å². The van der Waals surface area contributed by atoms with Crippen molar-refractivity contribution < 1.29 is 13.2 Å². The van der Waals surface area contributed by atoms with Gasteiger partial charge in [0.2, 0.25) is 0 Å². The second-order valence-corrected chi connectivity index (χ2v) is 4.60. The third-order valence-corrected chi connectivity index (χ3v) is 3.10. The molecular formula is C14H14ClF2NO. The number of benzene rings is 1. The molecular weight excluding hydrogens is 272 g/mol. The quantitative estimate of drug-likeness (QED) is 0.829. The minimum atomic E-state index is -0.956. The molecule has 0 aliphatic rings. The number of hydrogen-bond acceptors (Lipinski definition) is 2. The Bertz CT molecular complexity index is 543. The van der Waals surface area contributed by atoms with Crippen LogP contribution in [0.2, 0.25) is 5.02 Å². The van der Waals surface area contributed by atoms with Gasteiger partial charge in [0.15, 0.2) is 11.6 Å². The maximum atomic E-state index is 13.4. The van der Waals surface area contributed by atoms with Crippen LogP contribution in [-0.4, -0.2) is 6.54 Å². The maximum absolute atomic E-state index is 13.4. The van der Waals surface area contributed by atoms with E-state index in [-0.39, 0.29) is 5.02 Å². The fraction of sp³-hybridized carbons (Fsp3) is 0.286. The summed E-state index contributed by atoms with van der Waals surface area (Å²) < 4.78 is 31.8. The van der Waals surface area contributed by atoms with Crippen LogP contribution >= 0.6 is 11.6 Å². The summed E-state index contributed by atoms with van der Waals surface area (Å²) in [5, 5.41) is 3.38. The molecule has 19 heavy (non-hydrogen) atoms. The Hall–Kier alpha value is -1.39. The number of furan rings is 1. The molecule has 1 aromatic carbocycles. The molecule has 102 valence electrons. The van der Waals surface area contributed by atoms with Gasteiger partial charge in [0.25, 0.3) is 0 Å². The molecule has 0 radical (unpaired) electrons. The van der Waals surface area contributed by atoms with Gasteiger partial charge in [-0.25, -0.2) is 8.78 Å². The summed E-state index contributed by atoms with van der Waals surface area (Å²) in [6.07, 6.45) is 2.43. The summed E-state index contributed by atoms with van der Waals surface area (Å²) in [5.74, 6) is -1.27. The summed E-state index contributed by atoms with van der Waals surface area (Å²) in [5.41, 5.74) is 0.462. The Morgan fingerprint density at radius 2 is 2.05 bits per heavy atom. The zero-order valence-electron chi connectivity index (χ0n) is 10.4. The van der Waals surface area contributed by atoms with Crippen molar-refractivity contribution in [2.75, 3.05) is 6.54 Å². The first-order valence-electron chi connectivity index (χ1n) is 6.04. The van der Waals surface area contributed by atoms with Crippen molar-refractivity contribution >= 4 is 11.6 Å². The van der Waals surface area contributed by atoms with E-state index in [0.717, 1.165) is 18.6 Å². The lowest BCUT2D eigenvalue weighted by molar-refractivity contribution is 0.443. The van der Waals surface area contributed by atoms with Gasteiger partial charge in [-0.3, -0.25) is 0 Å². The molecule has 1 aromatic heterocycles. The van der Waals surface area contributed by atoms with Gasteiger partial charge in [-0.2, -0.15) is 0 Å². The SMILES string of the molecule is CCCNC(c1ccco1)c1cc(F)c(F)cc1Cl. The van der Waals surface area contributed by atoms with Gasteiger partial charge in [0, 0.05) is 5.02 Å². The Kier molecular flexibility index (Phi) is 4.56. The Morgan fingerprint density at radius 1 is 1.32 bits per heavy atom. The molecule has 0 saturated heterocycles. The van der Waals surface area contributed by atoms with E-state index in [9.17, 15) is 8.78 Å². The van der Waals surface area contributed by atoms with Crippen LogP contribution < -0.4 is 5.32 Å². The van der Waals surface area contributed by atoms with Gasteiger partial charge < -0.3 is 9.73 Å². The van der Waals surface area contributed by atoms with Gasteiger partial charge >= 0.3 is 0 Å². The topological polar surface area (TPSA) is 25.2 Å². The predicted molar refractivity (Wildman–Crippen MR) is 70.2 cm³/mol. The molecule has 1 unspecified atom stereocenters. The molecule has 1 N–H and O–H groups in total. The average Bonchev–Trinajstić information content (AvgIpc) is 2.89. The predicted octanol–water partition coefficient (Wildman–Crippen LogP) is 4.30. The zero-order chi connectivity index (χ0) is 13.8. The molecule has 0 spiro atoms. The van der Waals surface area contributed by atoms with Crippen LogP contribution in [0.1, 0.15) is 30.7 Å². The molecule has 0 aliphatic heterocycles. The van der Waals surface area contributed by atoms with Crippen molar-refractivity contribution in [3.05, 3.63) is 58.5 Å². The lowest BCUT2D eigenvalue weighted by Gasteiger charge is -2.18. The third-order valence-electron chi connectivity index (χ3n) is 2.78. The minimum Gasteiger partial charge on any atom is -0.467 e. The van der Waals surface area contributed by atoms with Crippen molar-refractivity contribution in [2.24, 2.45) is 0 Å². The van der Waals surface area contributed by atoms with E-state index < -0.39 is 17.7 Å². The molecule has 2 nitrogen and oxygen atoms in total. The Balaban J connectivity index is 2.40. The van der Waals surface area contributed by atoms with Crippen molar-refractivity contribution in [3.63, 3.8) is 0 Å². The van der Waals surface area contributed by atoms with Crippen molar-refractivity contribution in [1.29, 1.82) is 0 Å². The molecule has 2 aromatic rings. The largest absolute Gasteiger partial charge is 0.467 e. The molecule has 0 amide bonds. The molecule has 1 atom stereocenters. The second-order valence-electron chi connectivity index (χ2n) is 4.19. The van der Waals surface area contributed by atoms with E-state index in [1.165, 1.54) is 6.26 Å². The van der Waals surface area contributed by atoms with E-state index >= 15 is 0 Å².